The zero-order valence-electron chi connectivity index (χ0n) is 18.2. The molecule has 0 bridgehead atoms. The molecule has 2 aliphatic carbocycles. The van der Waals surface area contributed by atoms with Crippen molar-refractivity contribution in [1.82, 2.24) is 0 Å². The quantitative estimate of drug-likeness (QED) is 0.310. The molecule has 0 atom stereocenters. The summed E-state index contributed by atoms with van der Waals surface area (Å²) in [5, 5.41) is 6.49. The molecule has 0 radical (unpaired) electrons. The number of anilines is 2. The maximum atomic E-state index is 12.7. The molecule has 1 heterocycles. The highest BCUT2D eigenvalue weighted by Crippen LogP contribution is 2.38. The summed E-state index contributed by atoms with van der Waals surface area (Å²) < 4.78 is 5.29. The van der Waals surface area contributed by atoms with Crippen molar-refractivity contribution in [2.75, 3.05) is 23.0 Å². The molecular formula is C24H28N2O4S2. The largest absolute Gasteiger partial charge is 0.462 e. The first kappa shape index (κ1) is 22.9. The molecule has 2 N–H and O–H groups in total. The number of benzene rings is 1. The van der Waals surface area contributed by atoms with Crippen LogP contribution >= 0.6 is 23.1 Å². The molecule has 0 spiro atoms. The lowest BCUT2D eigenvalue weighted by molar-refractivity contribution is -0.117. The first-order valence-electron chi connectivity index (χ1n) is 11.2. The van der Waals surface area contributed by atoms with Crippen LogP contribution in [0, 0.1) is 5.92 Å². The van der Waals surface area contributed by atoms with Gasteiger partial charge >= 0.3 is 5.97 Å². The van der Waals surface area contributed by atoms with Crippen molar-refractivity contribution in [3.8, 4) is 0 Å². The molecular weight excluding hydrogens is 444 g/mol. The summed E-state index contributed by atoms with van der Waals surface area (Å²) in [6.07, 6.45) is 7.02. The molecule has 0 saturated heterocycles. The van der Waals surface area contributed by atoms with Gasteiger partial charge in [-0.15, -0.1) is 23.1 Å². The number of rotatable bonds is 8. The van der Waals surface area contributed by atoms with Crippen molar-refractivity contribution in [3.05, 3.63) is 40.3 Å². The van der Waals surface area contributed by atoms with Crippen LogP contribution < -0.4 is 10.6 Å². The van der Waals surface area contributed by atoms with E-state index < -0.39 is 0 Å². The molecule has 8 heteroatoms. The van der Waals surface area contributed by atoms with E-state index in [-0.39, 0.29) is 29.5 Å². The number of ether oxygens (including phenoxy) is 1. The Hall–Kier alpha value is -2.32. The molecule has 2 amide bonds. The molecule has 1 fully saturated rings. The highest BCUT2D eigenvalue weighted by atomic mass is 32.2. The Morgan fingerprint density at radius 3 is 2.72 bits per heavy atom. The lowest BCUT2D eigenvalue weighted by Crippen LogP contribution is -2.17. The normalized spacial score (nSPS) is 15.4. The van der Waals surface area contributed by atoms with Gasteiger partial charge in [0.25, 0.3) is 0 Å². The van der Waals surface area contributed by atoms with E-state index in [1.165, 1.54) is 28.0 Å². The van der Waals surface area contributed by atoms with E-state index in [2.05, 4.69) is 10.6 Å². The Morgan fingerprint density at radius 2 is 1.94 bits per heavy atom. The van der Waals surface area contributed by atoms with Gasteiger partial charge in [-0.1, -0.05) is 12.5 Å². The predicted molar refractivity (Wildman–Crippen MR) is 129 cm³/mol. The van der Waals surface area contributed by atoms with Crippen molar-refractivity contribution in [2.45, 2.75) is 56.8 Å². The topological polar surface area (TPSA) is 84.5 Å². The molecule has 32 heavy (non-hydrogen) atoms. The second-order valence-electron chi connectivity index (χ2n) is 8.12. The number of fused-ring (bicyclic) bond motifs is 1. The van der Waals surface area contributed by atoms with Gasteiger partial charge in [-0.3, -0.25) is 9.59 Å². The summed E-state index contributed by atoms with van der Waals surface area (Å²) in [5.74, 6) is -0.0935. The summed E-state index contributed by atoms with van der Waals surface area (Å²) in [4.78, 5) is 39.4. The minimum absolute atomic E-state index is 0.0638. The van der Waals surface area contributed by atoms with Crippen molar-refractivity contribution in [2.24, 2.45) is 5.92 Å². The van der Waals surface area contributed by atoms with Gasteiger partial charge in [0.2, 0.25) is 11.8 Å². The van der Waals surface area contributed by atoms with E-state index in [1.54, 1.807) is 6.92 Å². The third-order valence-electron chi connectivity index (χ3n) is 5.57. The van der Waals surface area contributed by atoms with E-state index in [0.29, 0.717) is 17.2 Å². The first-order valence-corrected chi connectivity index (χ1v) is 13.0. The highest BCUT2D eigenvalue weighted by molar-refractivity contribution is 8.00. The van der Waals surface area contributed by atoms with E-state index in [1.807, 2.05) is 24.3 Å². The van der Waals surface area contributed by atoms with Crippen LogP contribution in [0.2, 0.25) is 0 Å². The zero-order valence-corrected chi connectivity index (χ0v) is 19.8. The number of hydrogen-bond acceptors (Lipinski definition) is 6. The number of aryl methyl sites for hydroxylation is 1. The molecule has 170 valence electrons. The van der Waals surface area contributed by atoms with E-state index in [0.717, 1.165) is 61.1 Å². The highest BCUT2D eigenvalue weighted by Gasteiger charge is 2.29. The second kappa shape index (κ2) is 10.5. The first-order chi connectivity index (χ1) is 15.5. The Labute approximate surface area is 196 Å². The van der Waals surface area contributed by atoms with Gasteiger partial charge < -0.3 is 15.4 Å². The lowest BCUT2D eigenvalue weighted by atomic mass is 10.1. The van der Waals surface area contributed by atoms with Gasteiger partial charge in [0.1, 0.15) is 5.00 Å². The molecule has 1 aromatic carbocycles. The van der Waals surface area contributed by atoms with Gasteiger partial charge in [-0.25, -0.2) is 4.79 Å². The number of thioether (sulfide) groups is 1. The number of carbonyl (C=O) groups is 3. The van der Waals surface area contributed by atoms with E-state index >= 15 is 0 Å². The number of nitrogens with one attached hydrogen (secondary N) is 2. The van der Waals surface area contributed by atoms with Gasteiger partial charge in [0.05, 0.1) is 17.9 Å². The van der Waals surface area contributed by atoms with E-state index in [9.17, 15) is 14.4 Å². The standard InChI is InChI=1S/C24H28N2O4S2/c1-2-30-24(29)21-18-9-4-3-5-10-19(18)32-23(21)26-20(27)14-31-17-8-6-7-16(13-17)25-22(28)15-11-12-15/h6-8,13,15H,2-5,9-12,14H2,1H3,(H,25,28)(H,26,27). The van der Waals surface area contributed by atoms with Gasteiger partial charge in [0.15, 0.2) is 0 Å². The van der Waals surface area contributed by atoms with Gasteiger partial charge in [-0.2, -0.15) is 0 Å². The third kappa shape index (κ3) is 5.72. The summed E-state index contributed by atoms with van der Waals surface area (Å²) in [7, 11) is 0. The monoisotopic (exact) mass is 472 g/mol. The molecule has 0 aliphatic heterocycles. The average Bonchev–Trinajstić information content (AvgIpc) is 3.59. The fraction of sp³-hybridized carbons (Fsp3) is 0.458. The minimum atomic E-state index is -0.353. The minimum Gasteiger partial charge on any atom is -0.462 e. The summed E-state index contributed by atoms with van der Waals surface area (Å²) in [6.45, 7) is 2.10. The zero-order chi connectivity index (χ0) is 22.5. The number of thiophene rings is 1. The number of amides is 2. The summed E-state index contributed by atoms with van der Waals surface area (Å²) in [5.41, 5.74) is 2.34. The lowest BCUT2D eigenvalue weighted by Gasteiger charge is -2.09. The summed E-state index contributed by atoms with van der Waals surface area (Å²) >= 11 is 2.91. The van der Waals surface area contributed by atoms with Crippen LogP contribution in [-0.2, 0) is 27.2 Å². The molecule has 4 rings (SSSR count). The third-order valence-corrected chi connectivity index (χ3v) is 7.77. The Kier molecular flexibility index (Phi) is 7.52. The Balaban J connectivity index is 1.41. The maximum Gasteiger partial charge on any atom is 0.341 e. The van der Waals surface area contributed by atoms with Crippen molar-refractivity contribution in [3.63, 3.8) is 0 Å². The van der Waals surface area contributed by atoms with Crippen molar-refractivity contribution in [1.29, 1.82) is 0 Å². The number of esters is 1. The molecule has 1 saturated carbocycles. The maximum absolute atomic E-state index is 12.7. The van der Waals surface area contributed by atoms with Crippen molar-refractivity contribution < 1.29 is 19.1 Å². The van der Waals surface area contributed by atoms with Crippen LogP contribution in [0.3, 0.4) is 0 Å². The molecule has 0 unspecified atom stereocenters. The number of carbonyl (C=O) groups excluding carboxylic acids is 3. The summed E-state index contributed by atoms with van der Waals surface area (Å²) in [6, 6.07) is 7.53. The van der Waals surface area contributed by atoms with Gasteiger partial charge in [0, 0.05) is 21.4 Å². The molecule has 2 aliphatic rings. The molecule has 1 aromatic heterocycles. The van der Waals surface area contributed by atoms with Crippen LogP contribution in [0.1, 0.15) is 59.8 Å². The predicted octanol–water partition coefficient (Wildman–Crippen LogP) is 5.27. The van der Waals surface area contributed by atoms with Crippen molar-refractivity contribution >= 4 is 51.6 Å². The van der Waals surface area contributed by atoms with E-state index in [4.69, 9.17) is 4.74 Å². The number of hydrogen-bond donors (Lipinski definition) is 2. The Morgan fingerprint density at radius 1 is 1.12 bits per heavy atom. The smallest absolute Gasteiger partial charge is 0.341 e. The molecule has 6 nitrogen and oxygen atoms in total. The van der Waals surface area contributed by atoms with Crippen LogP contribution in [-0.4, -0.2) is 30.1 Å². The second-order valence-corrected chi connectivity index (χ2v) is 10.3. The van der Waals surface area contributed by atoms with Crippen LogP contribution in [0.5, 0.6) is 0 Å². The van der Waals surface area contributed by atoms with Crippen LogP contribution in [0.15, 0.2) is 29.2 Å². The molecule has 2 aromatic rings. The fourth-order valence-corrected chi connectivity index (χ4v) is 5.86. The average molecular weight is 473 g/mol. The fourth-order valence-electron chi connectivity index (χ4n) is 3.81. The Bertz CT molecular complexity index is 1010. The SMILES string of the molecule is CCOC(=O)c1c(NC(=O)CSc2cccc(NC(=O)C3CC3)c2)sc2c1CCCCC2. The van der Waals surface area contributed by atoms with Crippen LogP contribution in [0.4, 0.5) is 10.7 Å². The van der Waals surface area contributed by atoms with Gasteiger partial charge in [-0.05, 0) is 69.2 Å². The van der Waals surface area contributed by atoms with Crippen LogP contribution in [0.25, 0.3) is 0 Å².